The zero-order valence-corrected chi connectivity index (χ0v) is 13.9. The number of hydrogen-bond acceptors (Lipinski definition) is 3. The molecule has 0 aromatic heterocycles. The van der Waals surface area contributed by atoms with E-state index in [1.54, 1.807) is 18.2 Å². The fraction of sp³-hybridized carbons (Fsp3) is 0.143. The third-order valence-corrected chi connectivity index (χ3v) is 3.94. The first-order chi connectivity index (χ1) is 12.2. The van der Waals surface area contributed by atoms with E-state index < -0.39 is 11.9 Å². The molecule has 128 valence electrons. The summed E-state index contributed by atoms with van der Waals surface area (Å²) in [5, 5.41) is 10.7. The molecule has 0 radical (unpaired) electrons. The summed E-state index contributed by atoms with van der Waals surface area (Å²) in [7, 11) is 1.40. The quantitative estimate of drug-likeness (QED) is 0.719. The van der Waals surface area contributed by atoms with Gasteiger partial charge in [0.15, 0.2) is 11.6 Å². The Hall–Kier alpha value is -2.85. The van der Waals surface area contributed by atoms with E-state index in [1.807, 2.05) is 42.5 Å². The highest BCUT2D eigenvalue weighted by Crippen LogP contribution is 2.32. The molecular weight excluding hydrogens is 319 g/mol. The number of benzene rings is 3. The molecule has 0 aliphatic carbocycles. The first-order valence-electron chi connectivity index (χ1n) is 7.96. The van der Waals surface area contributed by atoms with Gasteiger partial charge in [-0.15, -0.1) is 0 Å². The average Bonchev–Trinajstić information content (AvgIpc) is 2.67. The van der Waals surface area contributed by atoms with Gasteiger partial charge in [0.2, 0.25) is 0 Å². The number of hydrogen-bond donors (Lipinski definition) is 1. The number of aliphatic hydroxyl groups excluding tert-OH is 1. The van der Waals surface area contributed by atoms with Crippen LogP contribution in [-0.2, 0) is 6.61 Å². The van der Waals surface area contributed by atoms with Crippen molar-refractivity contribution in [2.45, 2.75) is 12.7 Å². The van der Waals surface area contributed by atoms with Crippen molar-refractivity contribution in [2.75, 3.05) is 7.11 Å². The molecule has 0 aliphatic rings. The molecule has 3 aromatic carbocycles. The van der Waals surface area contributed by atoms with Crippen molar-refractivity contribution in [3.05, 3.63) is 95.3 Å². The number of rotatable bonds is 6. The average molecular weight is 338 g/mol. The van der Waals surface area contributed by atoms with Crippen molar-refractivity contribution in [2.24, 2.45) is 0 Å². The van der Waals surface area contributed by atoms with Crippen LogP contribution in [0.2, 0.25) is 0 Å². The maximum Gasteiger partial charge on any atom is 0.165 e. The van der Waals surface area contributed by atoms with Gasteiger partial charge in [-0.1, -0.05) is 54.6 Å². The van der Waals surface area contributed by atoms with Crippen molar-refractivity contribution in [1.29, 1.82) is 0 Å². The van der Waals surface area contributed by atoms with Gasteiger partial charge in [0.05, 0.1) is 7.11 Å². The van der Waals surface area contributed by atoms with Crippen LogP contribution in [0, 0.1) is 5.82 Å². The van der Waals surface area contributed by atoms with E-state index in [-0.39, 0.29) is 5.75 Å². The van der Waals surface area contributed by atoms with Gasteiger partial charge in [0.1, 0.15) is 18.5 Å². The highest BCUT2D eigenvalue weighted by atomic mass is 19.1. The normalized spacial score (nSPS) is 11.8. The molecule has 0 saturated carbocycles. The fourth-order valence-electron chi connectivity index (χ4n) is 2.61. The second-order valence-electron chi connectivity index (χ2n) is 5.61. The summed E-state index contributed by atoms with van der Waals surface area (Å²) in [5.41, 5.74) is 2.05. The summed E-state index contributed by atoms with van der Waals surface area (Å²) < 4.78 is 24.7. The number of para-hydroxylation sites is 1. The molecule has 1 atom stereocenters. The van der Waals surface area contributed by atoms with Crippen molar-refractivity contribution >= 4 is 0 Å². The molecule has 1 unspecified atom stereocenters. The third-order valence-electron chi connectivity index (χ3n) is 3.94. The van der Waals surface area contributed by atoms with E-state index in [1.165, 1.54) is 19.2 Å². The molecule has 0 heterocycles. The summed E-state index contributed by atoms with van der Waals surface area (Å²) in [5.74, 6) is 0.196. The third kappa shape index (κ3) is 3.98. The van der Waals surface area contributed by atoms with Crippen LogP contribution in [0.15, 0.2) is 72.8 Å². The fourth-order valence-corrected chi connectivity index (χ4v) is 2.61. The van der Waals surface area contributed by atoms with Crippen LogP contribution in [0.1, 0.15) is 22.8 Å². The molecule has 0 aliphatic heterocycles. The lowest BCUT2D eigenvalue weighted by Crippen LogP contribution is -2.05. The van der Waals surface area contributed by atoms with E-state index in [9.17, 15) is 9.50 Å². The lowest BCUT2D eigenvalue weighted by atomic mass is 10.0. The molecule has 0 saturated heterocycles. The molecule has 4 heteroatoms. The molecule has 0 amide bonds. The minimum atomic E-state index is -0.993. The minimum absolute atomic E-state index is 0.143. The standard InChI is InChI=1S/C21H19FO3/c1-24-20-12-11-16(13-18(20)22)21(23)17-9-5-6-10-19(17)25-14-15-7-3-2-4-8-15/h2-13,21,23H,14H2,1H3. The van der Waals surface area contributed by atoms with E-state index in [2.05, 4.69) is 0 Å². The number of methoxy groups -OCH3 is 1. The van der Waals surface area contributed by atoms with E-state index in [0.29, 0.717) is 23.5 Å². The van der Waals surface area contributed by atoms with Gasteiger partial charge in [0.25, 0.3) is 0 Å². The van der Waals surface area contributed by atoms with E-state index >= 15 is 0 Å². The molecule has 25 heavy (non-hydrogen) atoms. The van der Waals surface area contributed by atoms with Gasteiger partial charge in [-0.05, 0) is 29.3 Å². The highest BCUT2D eigenvalue weighted by Gasteiger charge is 2.17. The molecule has 0 spiro atoms. The predicted octanol–water partition coefficient (Wildman–Crippen LogP) is 4.50. The smallest absolute Gasteiger partial charge is 0.165 e. The summed E-state index contributed by atoms with van der Waals surface area (Å²) >= 11 is 0. The molecule has 1 N–H and O–H groups in total. The van der Waals surface area contributed by atoms with Crippen molar-refractivity contribution < 1.29 is 19.0 Å². The molecule has 3 nitrogen and oxygen atoms in total. The first kappa shape index (κ1) is 17.0. The Morgan fingerprint density at radius 2 is 1.64 bits per heavy atom. The second-order valence-corrected chi connectivity index (χ2v) is 5.61. The summed E-state index contributed by atoms with van der Waals surface area (Å²) in [6.07, 6.45) is -0.993. The number of aliphatic hydroxyl groups is 1. The van der Waals surface area contributed by atoms with Gasteiger partial charge in [-0.3, -0.25) is 0 Å². The van der Waals surface area contributed by atoms with Crippen LogP contribution in [0.3, 0.4) is 0 Å². The van der Waals surface area contributed by atoms with Crippen LogP contribution in [0.25, 0.3) is 0 Å². The van der Waals surface area contributed by atoms with Gasteiger partial charge in [-0.2, -0.15) is 0 Å². The zero-order chi connectivity index (χ0) is 17.6. The summed E-state index contributed by atoms with van der Waals surface area (Å²) in [4.78, 5) is 0. The molecule has 3 aromatic rings. The SMILES string of the molecule is COc1ccc(C(O)c2ccccc2OCc2ccccc2)cc1F. The Morgan fingerprint density at radius 3 is 2.36 bits per heavy atom. The maximum absolute atomic E-state index is 13.9. The Balaban J connectivity index is 1.83. The van der Waals surface area contributed by atoms with Crippen molar-refractivity contribution in [1.82, 2.24) is 0 Å². The Labute approximate surface area is 146 Å². The van der Waals surface area contributed by atoms with Crippen molar-refractivity contribution in [3.8, 4) is 11.5 Å². The van der Waals surface area contributed by atoms with E-state index in [4.69, 9.17) is 9.47 Å². The van der Waals surface area contributed by atoms with Gasteiger partial charge >= 0.3 is 0 Å². The Kier molecular flexibility index (Phi) is 5.31. The predicted molar refractivity (Wildman–Crippen MR) is 94.2 cm³/mol. The second kappa shape index (κ2) is 7.81. The summed E-state index contributed by atoms with van der Waals surface area (Å²) in [6, 6.07) is 21.4. The van der Waals surface area contributed by atoms with Crippen LogP contribution in [-0.4, -0.2) is 12.2 Å². The van der Waals surface area contributed by atoms with E-state index in [0.717, 1.165) is 5.56 Å². The molecule has 0 fully saturated rings. The van der Waals surface area contributed by atoms with Crippen LogP contribution < -0.4 is 9.47 Å². The first-order valence-corrected chi connectivity index (χ1v) is 7.96. The highest BCUT2D eigenvalue weighted by molar-refractivity contribution is 5.42. The molecule has 3 rings (SSSR count). The summed E-state index contributed by atoms with van der Waals surface area (Å²) in [6.45, 7) is 0.390. The van der Waals surface area contributed by atoms with Crippen LogP contribution in [0.4, 0.5) is 4.39 Å². The lowest BCUT2D eigenvalue weighted by Gasteiger charge is -2.17. The van der Waals surface area contributed by atoms with Gasteiger partial charge in [-0.25, -0.2) is 4.39 Å². The monoisotopic (exact) mass is 338 g/mol. The lowest BCUT2D eigenvalue weighted by molar-refractivity contribution is 0.208. The van der Waals surface area contributed by atoms with Crippen LogP contribution >= 0.6 is 0 Å². The molecular formula is C21H19FO3. The number of halogens is 1. The Bertz CT molecular complexity index is 834. The number of ether oxygens (including phenoxy) is 2. The van der Waals surface area contributed by atoms with Gasteiger partial charge in [0, 0.05) is 5.56 Å². The zero-order valence-electron chi connectivity index (χ0n) is 13.9. The minimum Gasteiger partial charge on any atom is -0.494 e. The molecule has 0 bridgehead atoms. The maximum atomic E-state index is 13.9. The topological polar surface area (TPSA) is 38.7 Å². The van der Waals surface area contributed by atoms with Gasteiger partial charge < -0.3 is 14.6 Å². The Morgan fingerprint density at radius 1 is 0.920 bits per heavy atom. The van der Waals surface area contributed by atoms with Crippen molar-refractivity contribution in [3.63, 3.8) is 0 Å². The van der Waals surface area contributed by atoms with Crippen LogP contribution in [0.5, 0.6) is 11.5 Å². The largest absolute Gasteiger partial charge is 0.494 e.